The fourth-order valence-electron chi connectivity index (χ4n) is 1.13. The van der Waals surface area contributed by atoms with Crippen LogP contribution in [-0.4, -0.2) is 24.2 Å². The third-order valence-electron chi connectivity index (χ3n) is 1.50. The van der Waals surface area contributed by atoms with Gasteiger partial charge in [0.25, 0.3) is 15.9 Å². The van der Waals surface area contributed by atoms with Crippen molar-refractivity contribution in [1.82, 2.24) is 4.31 Å². The summed E-state index contributed by atoms with van der Waals surface area (Å²) in [4.78, 5) is 11.4. The summed E-state index contributed by atoms with van der Waals surface area (Å²) < 4.78 is 23.8. The van der Waals surface area contributed by atoms with Crippen LogP contribution in [0.2, 0.25) is 0 Å². The summed E-state index contributed by atoms with van der Waals surface area (Å²) >= 11 is 2.90. The van der Waals surface area contributed by atoms with Gasteiger partial charge in [0, 0.05) is 0 Å². The number of halogens is 1. The predicted octanol–water partition coefficient (Wildman–Crippen LogP) is 1.19. The van der Waals surface area contributed by atoms with Crippen molar-refractivity contribution >= 4 is 31.9 Å². The fourth-order valence-corrected chi connectivity index (χ4v) is 3.70. The van der Waals surface area contributed by atoms with Gasteiger partial charge in [0.05, 0.1) is 15.4 Å². The number of amides is 1. The van der Waals surface area contributed by atoms with Crippen molar-refractivity contribution in [1.29, 1.82) is 0 Å². The lowest BCUT2D eigenvalue weighted by atomic mass is 10.1. The van der Waals surface area contributed by atoms with Crippen LogP contribution in [0.1, 0.15) is 20.8 Å². The molecule has 0 aliphatic carbocycles. The second-order valence-electron chi connectivity index (χ2n) is 3.75. The number of hydrogen-bond donors (Lipinski definition) is 0. The Kier molecular flexibility index (Phi) is 2.32. The van der Waals surface area contributed by atoms with Gasteiger partial charge in [-0.05, 0) is 36.7 Å². The normalized spacial score (nSPS) is 22.0. The van der Waals surface area contributed by atoms with Gasteiger partial charge < -0.3 is 0 Å². The lowest BCUT2D eigenvalue weighted by Crippen LogP contribution is -2.45. The van der Waals surface area contributed by atoms with Crippen molar-refractivity contribution in [2.24, 2.45) is 0 Å². The topological polar surface area (TPSA) is 54.5 Å². The van der Waals surface area contributed by atoms with Gasteiger partial charge in [-0.25, -0.2) is 12.7 Å². The van der Waals surface area contributed by atoms with E-state index in [0.717, 1.165) is 9.71 Å². The maximum atomic E-state index is 11.4. The molecule has 0 radical (unpaired) electrons. The summed E-state index contributed by atoms with van der Waals surface area (Å²) in [5.74, 6) is -0.507. The largest absolute Gasteiger partial charge is 0.275 e. The van der Waals surface area contributed by atoms with E-state index in [2.05, 4.69) is 15.9 Å². The minimum Gasteiger partial charge on any atom is -0.267 e. The number of nitrogens with zero attached hydrogens (tertiary/aromatic N) is 1. The Morgan fingerprint density at radius 3 is 2.00 bits per heavy atom. The van der Waals surface area contributed by atoms with Gasteiger partial charge in [-0.3, -0.25) is 4.79 Å². The van der Waals surface area contributed by atoms with Crippen molar-refractivity contribution in [3.8, 4) is 0 Å². The van der Waals surface area contributed by atoms with Crippen molar-refractivity contribution in [2.75, 3.05) is 0 Å². The zero-order chi connectivity index (χ0) is 10.4. The third-order valence-corrected chi connectivity index (χ3v) is 4.13. The number of hydrogen-bond acceptors (Lipinski definition) is 3. The minimum absolute atomic E-state index is 0.0856. The SMILES string of the molecule is CC(C)(C)N1C(=O)C(Br)=CS1(=O)=O. The molecule has 0 saturated carbocycles. The summed E-state index contributed by atoms with van der Waals surface area (Å²) in [6.07, 6.45) is 0. The molecule has 1 aliphatic heterocycles. The van der Waals surface area contributed by atoms with E-state index in [-0.39, 0.29) is 4.48 Å². The highest BCUT2D eigenvalue weighted by atomic mass is 79.9. The molecule has 0 spiro atoms. The molecule has 0 atom stereocenters. The number of carbonyl (C=O) groups is 1. The van der Waals surface area contributed by atoms with E-state index >= 15 is 0 Å². The van der Waals surface area contributed by atoms with E-state index in [1.54, 1.807) is 20.8 Å². The Morgan fingerprint density at radius 1 is 1.38 bits per heavy atom. The van der Waals surface area contributed by atoms with Gasteiger partial charge >= 0.3 is 0 Å². The molecule has 74 valence electrons. The van der Waals surface area contributed by atoms with Crippen LogP contribution in [0.25, 0.3) is 0 Å². The third kappa shape index (κ3) is 1.78. The van der Waals surface area contributed by atoms with Gasteiger partial charge in [0.1, 0.15) is 0 Å². The first-order valence-corrected chi connectivity index (χ1v) is 5.93. The molecule has 0 aromatic rings. The lowest BCUT2D eigenvalue weighted by molar-refractivity contribution is -0.124. The van der Waals surface area contributed by atoms with Crippen LogP contribution in [0, 0.1) is 0 Å². The van der Waals surface area contributed by atoms with Crippen LogP contribution in [-0.2, 0) is 14.8 Å². The first-order valence-electron chi connectivity index (χ1n) is 3.63. The molecule has 0 fully saturated rings. The van der Waals surface area contributed by atoms with E-state index in [1.165, 1.54) is 0 Å². The zero-order valence-corrected chi connectivity index (χ0v) is 9.94. The van der Waals surface area contributed by atoms with Crippen LogP contribution >= 0.6 is 15.9 Å². The molecule has 1 rings (SSSR count). The average molecular weight is 268 g/mol. The molecule has 0 unspecified atom stereocenters. The molecular formula is C7H10BrNO3S. The summed E-state index contributed by atoms with van der Waals surface area (Å²) in [6.45, 7) is 5.01. The Morgan fingerprint density at radius 2 is 1.85 bits per heavy atom. The quantitative estimate of drug-likeness (QED) is 0.663. The molecule has 0 aromatic carbocycles. The highest BCUT2D eigenvalue weighted by molar-refractivity contribution is 9.12. The summed E-state index contributed by atoms with van der Waals surface area (Å²) in [6, 6.07) is 0. The number of rotatable bonds is 0. The van der Waals surface area contributed by atoms with Crippen molar-refractivity contribution < 1.29 is 13.2 Å². The van der Waals surface area contributed by atoms with Crippen LogP contribution in [0.5, 0.6) is 0 Å². The number of sulfonamides is 1. The Balaban J connectivity index is 3.26. The maximum absolute atomic E-state index is 11.4. The molecule has 0 bridgehead atoms. The molecule has 1 aliphatic rings. The van der Waals surface area contributed by atoms with Gasteiger partial charge in [0.15, 0.2) is 0 Å². The molecule has 1 amide bonds. The molecule has 13 heavy (non-hydrogen) atoms. The standard InChI is InChI=1S/C7H10BrNO3S/c1-7(2,3)9-6(10)5(8)4-13(9,11)12/h4H,1-3H3. The number of carbonyl (C=O) groups excluding carboxylic acids is 1. The second-order valence-corrected chi connectivity index (χ2v) is 6.24. The van der Waals surface area contributed by atoms with Crippen molar-refractivity contribution in [3.05, 3.63) is 9.89 Å². The summed E-state index contributed by atoms with van der Waals surface area (Å²) in [5, 5.41) is 0.931. The van der Waals surface area contributed by atoms with Crippen LogP contribution in [0.3, 0.4) is 0 Å². The zero-order valence-electron chi connectivity index (χ0n) is 7.54. The molecule has 0 saturated heterocycles. The first-order chi connectivity index (χ1) is 5.66. The molecule has 0 N–H and O–H groups in total. The van der Waals surface area contributed by atoms with Gasteiger partial charge in [-0.2, -0.15) is 0 Å². The molecular weight excluding hydrogens is 258 g/mol. The Bertz CT molecular complexity index is 377. The smallest absolute Gasteiger partial charge is 0.267 e. The summed E-state index contributed by atoms with van der Waals surface area (Å²) in [7, 11) is -3.57. The van der Waals surface area contributed by atoms with E-state index in [4.69, 9.17) is 0 Å². The van der Waals surface area contributed by atoms with Crippen LogP contribution in [0.15, 0.2) is 9.89 Å². The van der Waals surface area contributed by atoms with Gasteiger partial charge in [0.2, 0.25) is 0 Å². The highest BCUT2D eigenvalue weighted by Crippen LogP contribution is 2.30. The van der Waals surface area contributed by atoms with Crippen LogP contribution in [0.4, 0.5) is 0 Å². The highest BCUT2D eigenvalue weighted by Gasteiger charge is 2.42. The van der Waals surface area contributed by atoms with Gasteiger partial charge in [-0.15, -0.1) is 0 Å². The monoisotopic (exact) mass is 267 g/mol. The average Bonchev–Trinajstić information content (AvgIpc) is 1.99. The van der Waals surface area contributed by atoms with Gasteiger partial charge in [-0.1, -0.05) is 0 Å². The molecule has 6 heteroatoms. The predicted molar refractivity (Wildman–Crippen MR) is 52.5 cm³/mol. The second kappa shape index (κ2) is 2.81. The molecule has 1 heterocycles. The van der Waals surface area contributed by atoms with E-state index in [1.807, 2.05) is 0 Å². The fraction of sp³-hybridized carbons (Fsp3) is 0.571. The molecule has 4 nitrogen and oxygen atoms in total. The molecule has 0 aromatic heterocycles. The minimum atomic E-state index is -3.57. The maximum Gasteiger partial charge on any atom is 0.275 e. The Hall–Kier alpha value is -0.360. The van der Waals surface area contributed by atoms with Crippen molar-refractivity contribution in [3.63, 3.8) is 0 Å². The van der Waals surface area contributed by atoms with E-state index < -0.39 is 21.5 Å². The van der Waals surface area contributed by atoms with E-state index in [0.29, 0.717) is 0 Å². The van der Waals surface area contributed by atoms with Crippen molar-refractivity contribution in [2.45, 2.75) is 26.3 Å². The summed E-state index contributed by atoms with van der Waals surface area (Å²) in [5.41, 5.74) is -0.720. The lowest BCUT2D eigenvalue weighted by Gasteiger charge is -2.29. The first kappa shape index (κ1) is 10.7. The van der Waals surface area contributed by atoms with E-state index in [9.17, 15) is 13.2 Å². The Labute approximate surface area is 85.8 Å². The van der Waals surface area contributed by atoms with Crippen LogP contribution < -0.4 is 0 Å².